The molecule has 4 fully saturated rings. The summed E-state index contributed by atoms with van der Waals surface area (Å²) in [6.07, 6.45) is -10.7. The fourth-order valence-electron chi connectivity index (χ4n) is 8.96. The fraction of sp³-hybridized carbons (Fsp3) is 0.714. The summed E-state index contributed by atoms with van der Waals surface area (Å²) in [4.78, 5) is 26.5. The third-order valence-corrected chi connectivity index (χ3v) is 12.8. The molecule has 6 rings (SSSR count). The summed E-state index contributed by atoms with van der Waals surface area (Å²) in [5.74, 6) is -4.04. The second-order valence-electron chi connectivity index (χ2n) is 17.2. The molecule has 18 unspecified atom stereocenters. The molecule has 4 aliphatic heterocycles. The van der Waals surface area contributed by atoms with Crippen LogP contribution in [0, 0.1) is 23.7 Å². The molecule has 348 valence electrons. The van der Waals surface area contributed by atoms with Crippen LogP contribution in [0.1, 0.15) is 59.3 Å². The van der Waals surface area contributed by atoms with Crippen LogP contribution in [0.2, 0.25) is 0 Å². The molecule has 4 heterocycles. The van der Waals surface area contributed by atoms with Crippen LogP contribution in [-0.2, 0) is 47.5 Å². The highest BCUT2D eigenvalue weighted by Crippen LogP contribution is 2.50. The molecule has 2 aliphatic carbocycles. The Kier molecular flexibility index (Phi) is 15.7. The summed E-state index contributed by atoms with van der Waals surface area (Å²) in [6, 6.07) is 0. The summed E-state index contributed by atoms with van der Waals surface area (Å²) >= 11 is 0. The average Bonchev–Trinajstić information content (AvgIpc) is 3.73. The number of aliphatic hydroxyl groups excluding tert-OH is 9. The Balaban J connectivity index is 0.965. The first-order chi connectivity index (χ1) is 29.4. The smallest absolute Gasteiger partial charge is 0.342 e. The molecular formula is C42H60O20. The second-order valence-corrected chi connectivity index (χ2v) is 17.2. The van der Waals surface area contributed by atoms with Crippen molar-refractivity contribution in [2.24, 2.45) is 23.7 Å². The van der Waals surface area contributed by atoms with Gasteiger partial charge in [0.05, 0.1) is 73.3 Å². The molecule has 0 aromatic carbocycles. The summed E-state index contributed by atoms with van der Waals surface area (Å²) in [5.41, 5.74) is 0.989. The van der Waals surface area contributed by atoms with Gasteiger partial charge in [0.25, 0.3) is 0 Å². The minimum absolute atomic E-state index is 0.0390. The van der Waals surface area contributed by atoms with Crippen LogP contribution < -0.4 is 0 Å². The molecule has 0 aromatic heterocycles. The van der Waals surface area contributed by atoms with Gasteiger partial charge in [0.2, 0.25) is 12.6 Å². The van der Waals surface area contributed by atoms with Crippen molar-refractivity contribution in [2.75, 3.05) is 19.8 Å². The molecule has 2 saturated carbocycles. The zero-order valence-electron chi connectivity index (χ0n) is 34.8. The second kappa shape index (κ2) is 20.2. The lowest BCUT2D eigenvalue weighted by molar-refractivity contribution is -0.346. The van der Waals surface area contributed by atoms with E-state index in [0.717, 1.165) is 11.1 Å². The SMILES string of the molecule is C=C1C(O)CC2C(C(=O)OCCC(C)=CCCC(C)=COC(=O)C3=COC(OC4OC(CO)C(O)C(O)C4O)C4C3CCC4(C)O)=COC(OC3OC(CO)C(O)C(O)C3O)C12. The van der Waals surface area contributed by atoms with Gasteiger partial charge in [-0.1, -0.05) is 18.2 Å². The molecule has 2 saturated heterocycles. The number of fused-ring (bicyclic) bond motifs is 2. The minimum atomic E-state index is -1.68. The van der Waals surface area contributed by atoms with Crippen LogP contribution in [0.25, 0.3) is 0 Å². The van der Waals surface area contributed by atoms with Crippen LogP contribution in [0.5, 0.6) is 0 Å². The lowest BCUT2D eigenvalue weighted by atomic mass is 9.81. The van der Waals surface area contributed by atoms with Crippen molar-refractivity contribution in [1.29, 1.82) is 0 Å². The van der Waals surface area contributed by atoms with Gasteiger partial charge in [-0.3, -0.25) is 0 Å². The molecule has 0 bridgehead atoms. The maximum Gasteiger partial charge on any atom is 0.342 e. The first-order valence-corrected chi connectivity index (χ1v) is 20.8. The van der Waals surface area contributed by atoms with E-state index < -0.39 is 135 Å². The monoisotopic (exact) mass is 884 g/mol. The molecule has 18 atom stereocenters. The van der Waals surface area contributed by atoms with Gasteiger partial charge in [-0.05, 0) is 64.0 Å². The van der Waals surface area contributed by atoms with E-state index in [-0.39, 0.29) is 24.2 Å². The van der Waals surface area contributed by atoms with E-state index in [2.05, 4.69) is 6.58 Å². The standard InChI is InChI=1S/C42H60O20/c1-18(9-11-55-36(52)24-17-57-38(28-20(3)25(45)12-22(24)28)61-40-34(50)32(48)30(46)26(13-43)59-40)6-5-7-19(2)15-56-37(53)23-16-58-39(29-21(23)8-10-42(29,4)54)62-41-35(51)33(49)31(47)27(14-44)60-41/h6,15-17,21-22,25-35,38-41,43-51,54H,3,5,7-14H2,1-2,4H3. The van der Waals surface area contributed by atoms with E-state index in [4.69, 9.17) is 37.9 Å². The van der Waals surface area contributed by atoms with Gasteiger partial charge in [-0.15, -0.1) is 0 Å². The average molecular weight is 885 g/mol. The lowest BCUT2D eigenvalue weighted by Crippen LogP contribution is -2.60. The number of aliphatic hydroxyl groups is 10. The molecule has 0 radical (unpaired) electrons. The summed E-state index contributed by atoms with van der Waals surface area (Å²) in [6.45, 7) is 7.92. The van der Waals surface area contributed by atoms with Crippen molar-refractivity contribution in [3.63, 3.8) is 0 Å². The van der Waals surface area contributed by atoms with Crippen molar-refractivity contribution < 1.29 is 98.5 Å². The maximum atomic E-state index is 13.3. The lowest BCUT2D eigenvalue weighted by Gasteiger charge is -2.44. The quantitative estimate of drug-likeness (QED) is 0.0510. The fourth-order valence-corrected chi connectivity index (χ4v) is 8.96. The largest absolute Gasteiger partial charge is 0.471 e. The number of hydrogen-bond acceptors (Lipinski definition) is 20. The third-order valence-electron chi connectivity index (χ3n) is 12.8. The zero-order chi connectivity index (χ0) is 45.2. The number of allylic oxidation sites excluding steroid dienone is 2. The van der Waals surface area contributed by atoms with Gasteiger partial charge in [-0.2, -0.15) is 0 Å². The molecule has 0 amide bonds. The number of carbonyl (C=O) groups is 2. The number of ether oxygens (including phenoxy) is 8. The Bertz CT molecular complexity index is 1740. The molecule has 20 nitrogen and oxygen atoms in total. The van der Waals surface area contributed by atoms with E-state index in [9.17, 15) is 60.7 Å². The Morgan fingerprint density at radius 2 is 1.34 bits per heavy atom. The van der Waals surface area contributed by atoms with Gasteiger partial charge in [-0.25, -0.2) is 9.59 Å². The topological polar surface area (TPSA) is 310 Å². The first kappa shape index (κ1) is 48.1. The summed E-state index contributed by atoms with van der Waals surface area (Å²) in [5, 5.41) is 102. The molecule has 0 aromatic rings. The minimum Gasteiger partial charge on any atom is -0.471 e. The Hall–Kier alpha value is -3.32. The maximum absolute atomic E-state index is 13.3. The summed E-state index contributed by atoms with van der Waals surface area (Å²) < 4.78 is 45.0. The van der Waals surface area contributed by atoms with Gasteiger partial charge >= 0.3 is 11.9 Å². The molecular weight excluding hydrogens is 824 g/mol. The van der Waals surface area contributed by atoms with Gasteiger partial charge in [0, 0.05) is 18.3 Å². The highest BCUT2D eigenvalue weighted by molar-refractivity contribution is 5.90. The zero-order valence-corrected chi connectivity index (χ0v) is 34.8. The van der Waals surface area contributed by atoms with Crippen molar-refractivity contribution in [3.05, 3.63) is 59.3 Å². The molecule has 0 spiro atoms. The number of esters is 2. The van der Waals surface area contributed by atoms with E-state index in [1.807, 2.05) is 13.0 Å². The number of carbonyl (C=O) groups excluding carboxylic acids is 2. The third kappa shape index (κ3) is 10.1. The number of hydrogen-bond donors (Lipinski definition) is 10. The Morgan fingerprint density at radius 3 is 1.94 bits per heavy atom. The van der Waals surface area contributed by atoms with Crippen molar-refractivity contribution >= 4 is 11.9 Å². The summed E-state index contributed by atoms with van der Waals surface area (Å²) in [7, 11) is 0. The van der Waals surface area contributed by atoms with E-state index in [0.29, 0.717) is 37.7 Å². The van der Waals surface area contributed by atoms with Crippen LogP contribution >= 0.6 is 0 Å². The van der Waals surface area contributed by atoms with Crippen LogP contribution in [0.4, 0.5) is 0 Å². The van der Waals surface area contributed by atoms with E-state index >= 15 is 0 Å². The van der Waals surface area contributed by atoms with E-state index in [1.165, 1.54) is 18.8 Å². The predicted molar refractivity (Wildman–Crippen MR) is 208 cm³/mol. The van der Waals surface area contributed by atoms with Crippen molar-refractivity contribution in [2.45, 2.75) is 145 Å². The first-order valence-electron chi connectivity index (χ1n) is 20.8. The van der Waals surface area contributed by atoms with Crippen LogP contribution in [-0.4, -0.2) is 169 Å². The highest BCUT2D eigenvalue weighted by atomic mass is 16.8. The van der Waals surface area contributed by atoms with Crippen molar-refractivity contribution in [1.82, 2.24) is 0 Å². The number of rotatable bonds is 15. The Morgan fingerprint density at radius 1 is 0.774 bits per heavy atom. The van der Waals surface area contributed by atoms with Gasteiger partial charge in [0.1, 0.15) is 48.8 Å². The normalized spacial score (nSPS) is 42.2. The molecule has 62 heavy (non-hydrogen) atoms. The molecule has 20 heteroatoms. The van der Waals surface area contributed by atoms with Crippen LogP contribution in [0.15, 0.2) is 59.3 Å². The highest BCUT2D eigenvalue weighted by Gasteiger charge is 2.56. The predicted octanol–water partition coefficient (Wildman–Crippen LogP) is -1.46. The Labute approximate surface area is 357 Å². The molecule has 6 aliphatic rings. The van der Waals surface area contributed by atoms with Gasteiger partial charge < -0.3 is 89.0 Å². The molecule has 10 N–H and O–H groups in total. The van der Waals surface area contributed by atoms with Gasteiger partial charge in [0.15, 0.2) is 12.6 Å². The van der Waals surface area contributed by atoms with Crippen molar-refractivity contribution in [3.8, 4) is 0 Å². The van der Waals surface area contributed by atoms with Crippen LogP contribution in [0.3, 0.4) is 0 Å². The van der Waals surface area contributed by atoms with E-state index in [1.54, 1.807) is 13.8 Å².